The fraction of sp³-hybridized carbons (Fsp3) is 0.227. The van der Waals surface area contributed by atoms with Gasteiger partial charge < -0.3 is 15.7 Å². The quantitative estimate of drug-likeness (QED) is 0.402. The molecule has 0 aliphatic carbocycles. The molecule has 0 spiro atoms. The number of carbonyl (C=O) groups excluding carboxylic acids is 1. The van der Waals surface area contributed by atoms with Gasteiger partial charge in [0.1, 0.15) is 12.0 Å². The zero-order valence-electron chi connectivity index (χ0n) is 16.8. The van der Waals surface area contributed by atoms with Gasteiger partial charge in [-0.15, -0.1) is 0 Å². The van der Waals surface area contributed by atoms with Crippen molar-refractivity contribution in [1.82, 2.24) is 15.4 Å². The molecule has 8 heteroatoms. The number of aromatic nitrogens is 2. The van der Waals surface area contributed by atoms with E-state index in [0.29, 0.717) is 30.4 Å². The smallest absolute Gasteiger partial charge is 0.250 e. The van der Waals surface area contributed by atoms with Gasteiger partial charge in [-0.2, -0.15) is 0 Å². The van der Waals surface area contributed by atoms with Crippen LogP contribution in [0.3, 0.4) is 0 Å². The van der Waals surface area contributed by atoms with E-state index in [-0.39, 0.29) is 12.5 Å². The number of hydrogen-bond acceptors (Lipinski definition) is 7. The van der Waals surface area contributed by atoms with Crippen LogP contribution in [-0.2, 0) is 4.79 Å². The molecule has 0 unspecified atom stereocenters. The van der Waals surface area contributed by atoms with Gasteiger partial charge in [-0.3, -0.25) is 15.6 Å². The standard InChI is InChI=1S/C22H26N6O2/c1-2-28(13-14-29)21-19(23)20(24-15-25-21)26-27-22(30)18(16-9-5-3-6-10-16)17-11-7-4-8-12-17/h3-12,15,18,29H,2,13-14,23H2,1H3,(H,27,30)(H,24,25,26). The number of nitrogens with one attached hydrogen (secondary N) is 2. The van der Waals surface area contributed by atoms with Crippen LogP contribution in [0.5, 0.6) is 0 Å². The largest absolute Gasteiger partial charge is 0.395 e. The fourth-order valence-corrected chi connectivity index (χ4v) is 3.25. The third-order valence-corrected chi connectivity index (χ3v) is 4.75. The first-order chi connectivity index (χ1) is 14.7. The minimum Gasteiger partial charge on any atom is -0.395 e. The summed E-state index contributed by atoms with van der Waals surface area (Å²) in [7, 11) is 0. The van der Waals surface area contributed by atoms with Gasteiger partial charge in [0.05, 0.1) is 12.5 Å². The third-order valence-electron chi connectivity index (χ3n) is 4.75. The Morgan fingerprint density at radius 1 is 1.07 bits per heavy atom. The molecule has 1 aromatic heterocycles. The number of likely N-dealkylation sites (N-methyl/N-ethyl adjacent to an activating group) is 1. The third kappa shape index (κ3) is 4.84. The number of benzene rings is 2. The van der Waals surface area contributed by atoms with Crippen LogP contribution in [0.1, 0.15) is 24.0 Å². The molecule has 30 heavy (non-hydrogen) atoms. The van der Waals surface area contributed by atoms with E-state index in [0.717, 1.165) is 11.1 Å². The van der Waals surface area contributed by atoms with Crippen LogP contribution in [-0.4, -0.2) is 40.7 Å². The molecule has 2 aromatic carbocycles. The van der Waals surface area contributed by atoms with Crippen molar-refractivity contribution in [2.24, 2.45) is 0 Å². The number of aliphatic hydroxyl groups excluding tert-OH is 1. The van der Waals surface area contributed by atoms with Gasteiger partial charge in [0.25, 0.3) is 0 Å². The number of aliphatic hydroxyl groups is 1. The first-order valence-corrected chi connectivity index (χ1v) is 9.77. The fourth-order valence-electron chi connectivity index (χ4n) is 3.25. The molecular weight excluding hydrogens is 380 g/mol. The molecule has 0 radical (unpaired) electrons. The Bertz CT molecular complexity index is 913. The highest BCUT2D eigenvalue weighted by Gasteiger charge is 2.23. The molecule has 0 aliphatic rings. The number of hydrogen-bond donors (Lipinski definition) is 4. The van der Waals surface area contributed by atoms with Gasteiger partial charge in [-0.25, -0.2) is 9.97 Å². The van der Waals surface area contributed by atoms with Crippen molar-refractivity contribution in [3.63, 3.8) is 0 Å². The highest BCUT2D eigenvalue weighted by molar-refractivity contribution is 5.88. The number of amides is 1. The first-order valence-electron chi connectivity index (χ1n) is 9.77. The number of anilines is 3. The maximum Gasteiger partial charge on any atom is 0.250 e. The molecule has 1 amide bonds. The highest BCUT2D eigenvalue weighted by Crippen LogP contribution is 2.27. The Morgan fingerprint density at radius 3 is 2.20 bits per heavy atom. The Morgan fingerprint density at radius 2 is 1.67 bits per heavy atom. The van der Waals surface area contributed by atoms with Gasteiger partial charge in [0.2, 0.25) is 5.91 Å². The molecule has 0 bridgehead atoms. The van der Waals surface area contributed by atoms with E-state index in [9.17, 15) is 9.90 Å². The van der Waals surface area contributed by atoms with Crippen molar-refractivity contribution >= 4 is 23.2 Å². The summed E-state index contributed by atoms with van der Waals surface area (Å²) in [6.07, 6.45) is 1.37. The highest BCUT2D eigenvalue weighted by atomic mass is 16.3. The Hall–Kier alpha value is -3.65. The van der Waals surface area contributed by atoms with E-state index in [1.165, 1.54) is 6.33 Å². The van der Waals surface area contributed by atoms with Crippen molar-refractivity contribution < 1.29 is 9.90 Å². The molecule has 3 rings (SSSR count). The number of nitrogens with zero attached hydrogens (tertiary/aromatic N) is 3. The second kappa shape index (κ2) is 10.2. The zero-order valence-corrected chi connectivity index (χ0v) is 16.8. The number of rotatable bonds is 9. The van der Waals surface area contributed by atoms with Crippen LogP contribution in [0.2, 0.25) is 0 Å². The van der Waals surface area contributed by atoms with Gasteiger partial charge in [0.15, 0.2) is 11.6 Å². The lowest BCUT2D eigenvalue weighted by Crippen LogP contribution is -2.35. The molecule has 156 valence electrons. The summed E-state index contributed by atoms with van der Waals surface area (Å²) in [5.41, 5.74) is 13.8. The zero-order chi connectivity index (χ0) is 21.3. The topological polar surface area (TPSA) is 116 Å². The SMILES string of the molecule is CCN(CCO)c1ncnc(NNC(=O)C(c2ccccc2)c2ccccc2)c1N. The van der Waals surface area contributed by atoms with Crippen LogP contribution in [0.15, 0.2) is 67.0 Å². The van der Waals surface area contributed by atoms with Crippen LogP contribution in [0, 0.1) is 0 Å². The first kappa shape index (κ1) is 21.1. The van der Waals surface area contributed by atoms with Crippen LogP contribution in [0.25, 0.3) is 0 Å². The number of carbonyl (C=O) groups is 1. The normalized spacial score (nSPS) is 10.6. The maximum absolute atomic E-state index is 13.1. The van der Waals surface area contributed by atoms with Gasteiger partial charge in [-0.05, 0) is 18.1 Å². The maximum atomic E-state index is 13.1. The van der Waals surface area contributed by atoms with E-state index in [2.05, 4.69) is 20.8 Å². The van der Waals surface area contributed by atoms with Crippen molar-refractivity contribution in [3.05, 3.63) is 78.1 Å². The van der Waals surface area contributed by atoms with Crippen molar-refractivity contribution in [3.8, 4) is 0 Å². The summed E-state index contributed by atoms with van der Waals surface area (Å²) in [5.74, 6) is 0.0595. The molecule has 0 atom stereocenters. The van der Waals surface area contributed by atoms with Crippen LogP contribution < -0.4 is 21.5 Å². The second-order valence-corrected chi connectivity index (χ2v) is 6.63. The number of hydrazine groups is 1. The van der Waals surface area contributed by atoms with E-state index in [4.69, 9.17) is 5.73 Å². The van der Waals surface area contributed by atoms with E-state index < -0.39 is 5.92 Å². The summed E-state index contributed by atoms with van der Waals surface area (Å²) in [4.78, 5) is 23.3. The summed E-state index contributed by atoms with van der Waals surface area (Å²) in [6.45, 7) is 2.94. The average molecular weight is 406 g/mol. The van der Waals surface area contributed by atoms with Gasteiger partial charge in [0, 0.05) is 13.1 Å². The molecule has 0 saturated heterocycles. The number of nitrogens with two attached hydrogens (primary N) is 1. The number of nitrogen functional groups attached to an aromatic ring is 1. The summed E-state index contributed by atoms with van der Waals surface area (Å²) in [5, 5.41) is 9.24. The van der Waals surface area contributed by atoms with Gasteiger partial charge in [-0.1, -0.05) is 60.7 Å². The van der Waals surface area contributed by atoms with Crippen molar-refractivity contribution in [1.29, 1.82) is 0 Å². The molecule has 8 nitrogen and oxygen atoms in total. The van der Waals surface area contributed by atoms with Gasteiger partial charge >= 0.3 is 0 Å². The lowest BCUT2D eigenvalue weighted by atomic mass is 9.91. The predicted molar refractivity (Wildman–Crippen MR) is 118 cm³/mol. The lowest BCUT2D eigenvalue weighted by Gasteiger charge is -2.23. The van der Waals surface area contributed by atoms with E-state index in [1.54, 1.807) is 0 Å². The average Bonchev–Trinajstić information content (AvgIpc) is 2.79. The minimum atomic E-state index is -0.496. The Labute approximate surface area is 175 Å². The molecular formula is C22H26N6O2. The molecule has 5 N–H and O–H groups in total. The Balaban J connectivity index is 1.81. The Kier molecular flexibility index (Phi) is 7.18. The lowest BCUT2D eigenvalue weighted by molar-refractivity contribution is -0.121. The van der Waals surface area contributed by atoms with Crippen LogP contribution >= 0.6 is 0 Å². The van der Waals surface area contributed by atoms with Crippen molar-refractivity contribution in [2.45, 2.75) is 12.8 Å². The molecule has 3 aromatic rings. The predicted octanol–water partition coefficient (Wildman–Crippen LogP) is 2.15. The van der Waals surface area contributed by atoms with E-state index >= 15 is 0 Å². The molecule has 0 fully saturated rings. The minimum absolute atomic E-state index is 0.0212. The van der Waals surface area contributed by atoms with Crippen molar-refractivity contribution in [2.75, 3.05) is 35.8 Å². The summed E-state index contributed by atoms with van der Waals surface area (Å²) < 4.78 is 0. The second-order valence-electron chi connectivity index (χ2n) is 6.63. The molecule has 0 saturated carbocycles. The summed E-state index contributed by atoms with van der Waals surface area (Å²) in [6, 6.07) is 19.1. The summed E-state index contributed by atoms with van der Waals surface area (Å²) >= 11 is 0. The van der Waals surface area contributed by atoms with E-state index in [1.807, 2.05) is 72.5 Å². The van der Waals surface area contributed by atoms with Crippen LogP contribution in [0.4, 0.5) is 17.3 Å². The monoisotopic (exact) mass is 406 g/mol. The molecule has 1 heterocycles. The molecule has 0 aliphatic heterocycles.